The standard InChI is InChI=1S/C26H30N2O4/c1-4-16-13-28-10-8-19-24-18(17-9-11-32-14-17)6-5-7-22(24)27-25(19)23(28)12-20(16)21(15-30-2)26(29)31-3/h5-7,9,11,14-16,20,23,27H,4,8,10,12-13H2,1-3H3/b21-15+/t16-,20+,23+/m1/s1. The van der Waals surface area contributed by atoms with E-state index >= 15 is 0 Å². The van der Waals surface area contributed by atoms with Crippen LogP contribution in [0.2, 0.25) is 0 Å². The van der Waals surface area contributed by atoms with Crippen LogP contribution >= 0.6 is 0 Å². The molecule has 4 heterocycles. The molecule has 32 heavy (non-hydrogen) atoms. The zero-order chi connectivity index (χ0) is 22.2. The van der Waals surface area contributed by atoms with E-state index in [0.29, 0.717) is 11.5 Å². The maximum Gasteiger partial charge on any atom is 0.337 e. The molecule has 2 aliphatic rings. The molecule has 3 atom stereocenters. The first-order valence-electron chi connectivity index (χ1n) is 11.4. The lowest BCUT2D eigenvalue weighted by Gasteiger charge is -2.46. The topological polar surface area (TPSA) is 67.7 Å². The quantitative estimate of drug-likeness (QED) is 0.345. The fourth-order valence-corrected chi connectivity index (χ4v) is 5.81. The Hall–Kier alpha value is -2.99. The van der Waals surface area contributed by atoms with Gasteiger partial charge in [0, 0.05) is 35.2 Å². The van der Waals surface area contributed by atoms with Crippen molar-refractivity contribution < 1.29 is 18.7 Å². The minimum atomic E-state index is -0.293. The predicted octanol–water partition coefficient (Wildman–Crippen LogP) is 5.08. The fraction of sp³-hybridized carbons (Fsp3) is 0.423. The number of ether oxygens (including phenoxy) is 2. The van der Waals surface area contributed by atoms with Crippen LogP contribution in [0.5, 0.6) is 0 Å². The molecule has 1 fully saturated rings. The van der Waals surface area contributed by atoms with E-state index in [2.05, 4.69) is 35.0 Å². The van der Waals surface area contributed by atoms with Gasteiger partial charge in [0.25, 0.3) is 0 Å². The van der Waals surface area contributed by atoms with Crippen LogP contribution in [0, 0.1) is 11.8 Å². The second kappa shape index (κ2) is 8.51. The van der Waals surface area contributed by atoms with Crippen LogP contribution in [0.1, 0.15) is 37.1 Å². The highest BCUT2D eigenvalue weighted by atomic mass is 16.5. The number of nitrogens with zero attached hydrogens (tertiary/aromatic N) is 1. The molecule has 1 saturated heterocycles. The van der Waals surface area contributed by atoms with E-state index in [1.54, 1.807) is 19.6 Å². The summed E-state index contributed by atoms with van der Waals surface area (Å²) < 4.78 is 15.8. The van der Waals surface area contributed by atoms with Crippen molar-refractivity contribution in [1.82, 2.24) is 9.88 Å². The first-order chi connectivity index (χ1) is 15.7. The molecule has 0 saturated carbocycles. The Labute approximate surface area is 188 Å². The van der Waals surface area contributed by atoms with Crippen molar-refractivity contribution in [1.29, 1.82) is 0 Å². The molecule has 2 aromatic heterocycles. The summed E-state index contributed by atoms with van der Waals surface area (Å²) in [6, 6.07) is 8.67. The number of nitrogens with one attached hydrogen (secondary N) is 1. The highest BCUT2D eigenvalue weighted by Gasteiger charge is 2.42. The summed E-state index contributed by atoms with van der Waals surface area (Å²) in [4.78, 5) is 18.9. The number of fused-ring (bicyclic) bond motifs is 5. The third-order valence-corrected chi connectivity index (χ3v) is 7.32. The molecule has 0 bridgehead atoms. The normalized spacial score (nSPS) is 23.6. The van der Waals surface area contributed by atoms with Crippen molar-refractivity contribution >= 4 is 16.9 Å². The molecular formula is C26H30N2O4. The molecule has 0 amide bonds. The number of methoxy groups -OCH3 is 2. The Morgan fingerprint density at radius 2 is 2.19 bits per heavy atom. The SMILES string of the molecule is CC[C@@H]1CN2CCc3c([nH]c4cccc(-c5ccoc5)c34)[C@@H]2C[C@@H]1/C(=C\OC)C(=O)OC. The first kappa shape index (κ1) is 20.9. The Bertz CT molecular complexity index is 1140. The maximum absolute atomic E-state index is 12.6. The van der Waals surface area contributed by atoms with Gasteiger partial charge in [0.15, 0.2) is 0 Å². The predicted molar refractivity (Wildman–Crippen MR) is 123 cm³/mol. The second-order valence-corrected chi connectivity index (χ2v) is 8.83. The lowest BCUT2D eigenvalue weighted by molar-refractivity contribution is -0.137. The second-order valence-electron chi connectivity index (χ2n) is 8.83. The number of H-pyrrole nitrogens is 1. The molecule has 6 nitrogen and oxygen atoms in total. The van der Waals surface area contributed by atoms with E-state index in [-0.39, 0.29) is 17.9 Å². The summed E-state index contributed by atoms with van der Waals surface area (Å²) in [6.45, 7) is 4.19. The number of piperidine rings is 1. The summed E-state index contributed by atoms with van der Waals surface area (Å²) in [6.07, 6.45) is 8.01. The highest BCUT2D eigenvalue weighted by Crippen LogP contribution is 2.47. The van der Waals surface area contributed by atoms with E-state index in [1.807, 2.05) is 12.3 Å². The summed E-state index contributed by atoms with van der Waals surface area (Å²) in [7, 11) is 3.03. The van der Waals surface area contributed by atoms with Crippen LogP contribution in [0.4, 0.5) is 0 Å². The number of benzene rings is 1. The van der Waals surface area contributed by atoms with Gasteiger partial charge in [-0.1, -0.05) is 25.5 Å². The van der Waals surface area contributed by atoms with Crippen molar-refractivity contribution in [2.45, 2.75) is 32.2 Å². The van der Waals surface area contributed by atoms with E-state index in [0.717, 1.165) is 43.4 Å². The van der Waals surface area contributed by atoms with Gasteiger partial charge in [-0.25, -0.2) is 4.79 Å². The Balaban J connectivity index is 1.58. The fourth-order valence-electron chi connectivity index (χ4n) is 5.81. The third-order valence-electron chi connectivity index (χ3n) is 7.32. The largest absolute Gasteiger partial charge is 0.504 e. The number of rotatable bonds is 5. The number of aromatic nitrogens is 1. The van der Waals surface area contributed by atoms with Crippen molar-refractivity contribution in [3.8, 4) is 11.1 Å². The molecule has 168 valence electrons. The average molecular weight is 435 g/mol. The zero-order valence-corrected chi connectivity index (χ0v) is 18.9. The van der Waals surface area contributed by atoms with Crippen LogP contribution in [0.3, 0.4) is 0 Å². The van der Waals surface area contributed by atoms with Crippen LogP contribution in [-0.4, -0.2) is 43.2 Å². The van der Waals surface area contributed by atoms with Crippen molar-refractivity contribution in [3.05, 3.63) is 59.9 Å². The van der Waals surface area contributed by atoms with Crippen LogP contribution in [0.15, 0.2) is 53.0 Å². The molecule has 0 spiro atoms. The summed E-state index contributed by atoms with van der Waals surface area (Å²) >= 11 is 0. The summed E-state index contributed by atoms with van der Waals surface area (Å²) in [5.41, 5.74) is 6.78. The van der Waals surface area contributed by atoms with Crippen LogP contribution in [0.25, 0.3) is 22.0 Å². The van der Waals surface area contributed by atoms with E-state index in [9.17, 15) is 4.79 Å². The average Bonchev–Trinajstić information content (AvgIpc) is 3.49. The van der Waals surface area contributed by atoms with E-state index in [4.69, 9.17) is 13.9 Å². The number of carbonyl (C=O) groups is 1. The van der Waals surface area contributed by atoms with Gasteiger partial charge in [0.1, 0.15) is 0 Å². The van der Waals surface area contributed by atoms with Gasteiger partial charge in [-0.3, -0.25) is 4.90 Å². The number of aromatic amines is 1. The Kier molecular flexibility index (Phi) is 5.55. The molecule has 5 rings (SSSR count). The van der Waals surface area contributed by atoms with Gasteiger partial charge in [-0.15, -0.1) is 0 Å². The van der Waals surface area contributed by atoms with Gasteiger partial charge in [0.2, 0.25) is 0 Å². The number of hydrogen-bond acceptors (Lipinski definition) is 5. The molecule has 3 aromatic rings. The third kappa shape index (κ3) is 3.34. The number of furan rings is 1. The van der Waals surface area contributed by atoms with Crippen molar-refractivity contribution in [2.75, 3.05) is 27.3 Å². The number of esters is 1. The minimum Gasteiger partial charge on any atom is -0.504 e. The lowest BCUT2D eigenvalue weighted by atomic mass is 9.74. The molecule has 0 radical (unpaired) electrons. The van der Waals surface area contributed by atoms with Crippen LogP contribution < -0.4 is 0 Å². The maximum atomic E-state index is 12.6. The van der Waals surface area contributed by atoms with Crippen LogP contribution in [-0.2, 0) is 20.7 Å². The van der Waals surface area contributed by atoms with Gasteiger partial charge >= 0.3 is 5.97 Å². The molecule has 1 N–H and O–H groups in total. The Morgan fingerprint density at radius 3 is 2.91 bits per heavy atom. The summed E-state index contributed by atoms with van der Waals surface area (Å²) in [5, 5.41) is 1.29. The molecule has 1 aromatic carbocycles. The molecule has 2 aliphatic heterocycles. The van der Waals surface area contributed by atoms with Gasteiger partial charge in [-0.05, 0) is 47.9 Å². The smallest absolute Gasteiger partial charge is 0.337 e. The Morgan fingerprint density at radius 1 is 1.31 bits per heavy atom. The van der Waals surface area contributed by atoms with Crippen molar-refractivity contribution in [2.24, 2.45) is 11.8 Å². The molecule has 0 unspecified atom stereocenters. The lowest BCUT2D eigenvalue weighted by Crippen LogP contribution is -2.47. The zero-order valence-electron chi connectivity index (χ0n) is 18.9. The first-order valence-corrected chi connectivity index (χ1v) is 11.4. The molecule has 0 aliphatic carbocycles. The van der Waals surface area contributed by atoms with E-state index < -0.39 is 0 Å². The van der Waals surface area contributed by atoms with Gasteiger partial charge < -0.3 is 18.9 Å². The molecular weight excluding hydrogens is 404 g/mol. The highest BCUT2D eigenvalue weighted by molar-refractivity contribution is 5.98. The van der Waals surface area contributed by atoms with E-state index in [1.165, 1.54) is 29.3 Å². The summed E-state index contributed by atoms with van der Waals surface area (Å²) in [5.74, 6) is 0.192. The number of carbonyl (C=O) groups excluding carboxylic acids is 1. The molecule has 6 heteroatoms. The van der Waals surface area contributed by atoms with Crippen molar-refractivity contribution in [3.63, 3.8) is 0 Å². The van der Waals surface area contributed by atoms with Gasteiger partial charge in [0.05, 0.1) is 44.6 Å². The minimum absolute atomic E-state index is 0.0966. The number of hydrogen-bond donors (Lipinski definition) is 1. The van der Waals surface area contributed by atoms with Gasteiger partial charge in [-0.2, -0.15) is 0 Å². The monoisotopic (exact) mass is 434 g/mol.